The molecule has 1 rings (SSSR count). The van der Waals surface area contributed by atoms with Gasteiger partial charge in [0, 0.05) is 12.1 Å². The van der Waals surface area contributed by atoms with Crippen LogP contribution in [-0.4, -0.2) is 10.8 Å². The molecular weight excluding hydrogens is 162 g/mol. The topological polar surface area (TPSA) is 30.0 Å². The first-order valence-electron chi connectivity index (χ1n) is 4.74. The lowest BCUT2D eigenvalue weighted by atomic mass is 9.96. The van der Waals surface area contributed by atoms with Crippen LogP contribution in [0.3, 0.4) is 0 Å². The lowest BCUT2D eigenvalue weighted by Gasteiger charge is -2.09. The molecule has 1 aromatic rings. The van der Waals surface area contributed by atoms with E-state index < -0.39 is 0 Å². The van der Waals surface area contributed by atoms with Crippen LogP contribution in [0.5, 0.6) is 0 Å². The molecule has 0 N–H and O–H groups in total. The van der Waals surface area contributed by atoms with Crippen molar-refractivity contribution in [3.05, 3.63) is 30.1 Å². The van der Waals surface area contributed by atoms with Gasteiger partial charge in [-0.05, 0) is 25.0 Å². The summed E-state index contributed by atoms with van der Waals surface area (Å²) in [7, 11) is 0. The molecule has 0 radical (unpaired) electrons. The lowest BCUT2D eigenvalue weighted by Crippen LogP contribution is -2.14. The third-order valence-electron chi connectivity index (χ3n) is 2.27. The summed E-state index contributed by atoms with van der Waals surface area (Å²) in [5.41, 5.74) is 0.594. The molecule has 0 unspecified atom stereocenters. The fourth-order valence-electron chi connectivity index (χ4n) is 1.38. The van der Waals surface area contributed by atoms with E-state index in [9.17, 15) is 4.79 Å². The molecule has 0 aliphatic heterocycles. The van der Waals surface area contributed by atoms with Crippen LogP contribution in [0.1, 0.15) is 37.2 Å². The Labute approximate surface area is 79.0 Å². The Morgan fingerprint density at radius 1 is 1.38 bits per heavy atom. The van der Waals surface area contributed by atoms with Gasteiger partial charge in [-0.3, -0.25) is 9.78 Å². The Kier molecular flexibility index (Phi) is 3.62. The van der Waals surface area contributed by atoms with Crippen molar-refractivity contribution in [1.29, 1.82) is 0 Å². The Hall–Kier alpha value is -1.18. The third kappa shape index (κ3) is 2.38. The number of Topliss-reactive ketones (excluding diaryl/α,β-unsaturated/α-hetero) is 1. The highest BCUT2D eigenvalue weighted by Crippen LogP contribution is 2.13. The van der Waals surface area contributed by atoms with E-state index in [1.54, 1.807) is 12.3 Å². The predicted molar refractivity (Wildman–Crippen MR) is 52.6 cm³/mol. The van der Waals surface area contributed by atoms with Gasteiger partial charge in [0.15, 0.2) is 5.78 Å². The number of carbonyl (C=O) groups is 1. The predicted octanol–water partition coefficient (Wildman–Crippen LogP) is 2.70. The van der Waals surface area contributed by atoms with Gasteiger partial charge in [0.2, 0.25) is 0 Å². The summed E-state index contributed by atoms with van der Waals surface area (Å²) in [5.74, 6) is 0.306. The van der Waals surface area contributed by atoms with Crippen molar-refractivity contribution < 1.29 is 4.79 Å². The third-order valence-corrected chi connectivity index (χ3v) is 2.27. The summed E-state index contributed by atoms with van der Waals surface area (Å²) < 4.78 is 0. The number of rotatable bonds is 4. The van der Waals surface area contributed by atoms with Crippen LogP contribution in [0, 0.1) is 5.92 Å². The fraction of sp³-hybridized carbons (Fsp3) is 0.455. The molecule has 0 saturated carbocycles. The van der Waals surface area contributed by atoms with E-state index in [2.05, 4.69) is 4.98 Å². The maximum Gasteiger partial charge on any atom is 0.184 e. The second kappa shape index (κ2) is 4.75. The average Bonchev–Trinajstić information content (AvgIpc) is 2.21. The van der Waals surface area contributed by atoms with E-state index in [-0.39, 0.29) is 11.7 Å². The molecule has 0 atom stereocenters. The summed E-state index contributed by atoms with van der Waals surface area (Å²) in [6.07, 6.45) is 3.45. The number of carbonyl (C=O) groups excluding carboxylic acids is 1. The zero-order chi connectivity index (χ0) is 9.68. The Morgan fingerprint density at radius 2 is 2.08 bits per heavy atom. The quantitative estimate of drug-likeness (QED) is 0.662. The molecule has 13 heavy (non-hydrogen) atoms. The van der Waals surface area contributed by atoms with Crippen LogP contribution in [-0.2, 0) is 0 Å². The van der Waals surface area contributed by atoms with E-state index >= 15 is 0 Å². The number of nitrogens with zero attached hydrogens (tertiary/aromatic N) is 1. The van der Waals surface area contributed by atoms with Crippen molar-refractivity contribution in [3.63, 3.8) is 0 Å². The average molecular weight is 177 g/mol. The molecule has 0 saturated heterocycles. The van der Waals surface area contributed by atoms with E-state index in [0.717, 1.165) is 12.8 Å². The standard InChI is InChI=1S/C11H15NO/c1-3-9(4-2)11(13)10-7-5-6-8-12-10/h5-9H,3-4H2,1-2H3. The number of ketones is 1. The Bertz CT molecular complexity index is 265. The highest BCUT2D eigenvalue weighted by Gasteiger charge is 2.16. The molecule has 1 aromatic heterocycles. The molecule has 0 fully saturated rings. The number of hydrogen-bond acceptors (Lipinski definition) is 2. The maximum atomic E-state index is 11.7. The second-order valence-corrected chi connectivity index (χ2v) is 3.09. The SMILES string of the molecule is CCC(CC)C(=O)c1ccccn1. The van der Waals surface area contributed by atoms with Gasteiger partial charge in [0.1, 0.15) is 5.69 Å². The zero-order valence-electron chi connectivity index (χ0n) is 8.16. The molecule has 0 aliphatic rings. The van der Waals surface area contributed by atoms with Crippen LogP contribution < -0.4 is 0 Å². The van der Waals surface area contributed by atoms with Crippen LogP contribution in [0.2, 0.25) is 0 Å². The first-order valence-corrected chi connectivity index (χ1v) is 4.74. The van der Waals surface area contributed by atoms with Crippen LogP contribution >= 0.6 is 0 Å². The van der Waals surface area contributed by atoms with Crippen molar-refractivity contribution in [2.75, 3.05) is 0 Å². The zero-order valence-corrected chi connectivity index (χ0v) is 8.16. The van der Waals surface area contributed by atoms with Gasteiger partial charge in [0.25, 0.3) is 0 Å². The van der Waals surface area contributed by atoms with E-state index in [1.165, 1.54) is 0 Å². The minimum absolute atomic E-state index is 0.134. The number of pyridine rings is 1. The van der Waals surface area contributed by atoms with Gasteiger partial charge in [-0.2, -0.15) is 0 Å². The summed E-state index contributed by atoms with van der Waals surface area (Å²) >= 11 is 0. The molecule has 0 amide bonds. The molecule has 70 valence electrons. The van der Waals surface area contributed by atoms with Crippen molar-refractivity contribution in [3.8, 4) is 0 Å². The number of hydrogen-bond donors (Lipinski definition) is 0. The Balaban J connectivity index is 2.78. The minimum atomic E-state index is 0.134. The van der Waals surface area contributed by atoms with E-state index in [1.807, 2.05) is 26.0 Å². The van der Waals surface area contributed by atoms with Gasteiger partial charge in [-0.15, -0.1) is 0 Å². The monoisotopic (exact) mass is 177 g/mol. The largest absolute Gasteiger partial charge is 0.292 e. The van der Waals surface area contributed by atoms with Gasteiger partial charge in [-0.25, -0.2) is 0 Å². The van der Waals surface area contributed by atoms with Crippen LogP contribution in [0.25, 0.3) is 0 Å². The molecule has 0 bridgehead atoms. The number of aromatic nitrogens is 1. The van der Waals surface area contributed by atoms with Gasteiger partial charge in [-0.1, -0.05) is 19.9 Å². The summed E-state index contributed by atoms with van der Waals surface area (Å²) in [6, 6.07) is 5.45. The Morgan fingerprint density at radius 3 is 2.54 bits per heavy atom. The van der Waals surface area contributed by atoms with Crippen LogP contribution in [0.15, 0.2) is 24.4 Å². The molecule has 2 nitrogen and oxygen atoms in total. The summed E-state index contributed by atoms with van der Waals surface area (Å²) in [6.45, 7) is 4.07. The molecule has 0 aliphatic carbocycles. The molecular formula is C11H15NO. The molecule has 2 heteroatoms. The first kappa shape index (κ1) is 9.90. The highest BCUT2D eigenvalue weighted by atomic mass is 16.1. The van der Waals surface area contributed by atoms with Crippen molar-refractivity contribution in [2.45, 2.75) is 26.7 Å². The normalized spacial score (nSPS) is 10.4. The second-order valence-electron chi connectivity index (χ2n) is 3.09. The van der Waals surface area contributed by atoms with Crippen molar-refractivity contribution in [2.24, 2.45) is 5.92 Å². The highest BCUT2D eigenvalue weighted by molar-refractivity contribution is 5.95. The fourth-order valence-corrected chi connectivity index (χ4v) is 1.38. The lowest BCUT2D eigenvalue weighted by molar-refractivity contribution is 0.0908. The first-order chi connectivity index (χ1) is 6.29. The van der Waals surface area contributed by atoms with Gasteiger partial charge in [0.05, 0.1) is 0 Å². The van der Waals surface area contributed by atoms with E-state index in [4.69, 9.17) is 0 Å². The molecule has 0 spiro atoms. The molecule has 0 aromatic carbocycles. The van der Waals surface area contributed by atoms with Gasteiger partial charge < -0.3 is 0 Å². The van der Waals surface area contributed by atoms with E-state index in [0.29, 0.717) is 5.69 Å². The van der Waals surface area contributed by atoms with Crippen LogP contribution in [0.4, 0.5) is 0 Å². The summed E-state index contributed by atoms with van der Waals surface area (Å²) in [5, 5.41) is 0. The van der Waals surface area contributed by atoms with Crippen molar-refractivity contribution >= 4 is 5.78 Å². The van der Waals surface area contributed by atoms with Crippen molar-refractivity contribution in [1.82, 2.24) is 4.98 Å². The maximum absolute atomic E-state index is 11.7. The smallest absolute Gasteiger partial charge is 0.184 e. The van der Waals surface area contributed by atoms with Gasteiger partial charge >= 0.3 is 0 Å². The minimum Gasteiger partial charge on any atom is -0.292 e. The summed E-state index contributed by atoms with van der Waals surface area (Å²) in [4.78, 5) is 15.8. The molecule has 1 heterocycles.